The van der Waals surface area contributed by atoms with Crippen LogP contribution in [0, 0.1) is 5.92 Å². The van der Waals surface area contributed by atoms with E-state index < -0.39 is 6.10 Å². The van der Waals surface area contributed by atoms with Crippen LogP contribution < -0.4 is 0 Å². The molecule has 3 unspecified atom stereocenters. The predicted octanol–water partition coefficient (Wildman–Crippen LogP) is 4.08. The van der Waals surface area contributed by atoms with Gasteiger partial charge in [0.05, 0.1) is 6.10 Å². The summed E-state index contributed by atoms with van der Waals surface area (Å²) in [6.45, 7) is 6.36. The number of halogens is 2. The zero-order chi connectivity index (χ0) is 11.1. The molecule has 0 heterocycles. The Morgan fingerprint density at radius 1 is 1.50 bits per heavy atom. The molecule has 0 aliphatic carbocycles. The molecule has 84 valence electrons. The lowest BCUT2D eigenvalue weighted by atomic mass is 9.98. The second-order valence-electron chi connectivity index (χ2n) is 4.10. The largest absolute Gasteiger partial charge is 0.391 e. The lowest BCUT2D eigenvalue weighted by molar-refractivity contribution is 0.159. The standard InChI is InChI=1S/C11H20BrClO/c1-8(2)5-4-6-9(3)7-10(14)11(12)13/h5,9-11,14H,4,6-7H2,1-3H3. The molecule has 0 saturated carbocycles. The molecule has 0 aromatic rings. The molecule has 1 N–H and O–H groups in total. The van der Waals surface area contributed by atoms with Gasteiger partial charge in [-0.3, -0.25) is 0 Å². The van der Waals surface area contributed by atoms with Crippen molar-refractivity contribution < 1.29 is 5.11 Å². The van der Waals surface area contributed by atoms with Gasteiger partial charge in [0.1, 0.15) is 4.29 Å². The van der Waals surface area contributed by atoms with Gasteiger partial charge >= 0.3 is 0 Å². The predicted molar refractivity (Wildman–Crippen MR) is 67.0 cm³/mol. The molecule has 3 atom stereocenters. The van der Waals surface area contributed by atoms with Crippen LogP contribution in [0.1, 0.15) is 40.0 Å². The fraction of sp³-hybridized carbons (Fsp3) is 0.818. The molecule has 0 spiro atoms. The van der Waals surface area contributed by atoms with E-state index in [0.29, 0.717) is 5.92 Å². The number of rotatable bonds is 6. The van der Waals surface area contributed by atoms with Crippen LogP contribution in [0.4, 0.5) is 0 Å². The molecular weight excluding hydrogens is 263 g/mol. The third-order valence-electron chi connectivity index (χ3n) is 2.15. The smallest absolute Gasteiger partial charge is 0.114 e. The molecule has 0 aromatic heterocycles. The summed E-state index contributed by atoms with van der Waals surface area (Å²) in [5, 5.41) is 9.51. The van der Waals surface area contributed by atoms with Gasteiger partial charge in [0.2, 0.25) is 0 Å². The Balaban J connectivity index is 3.65. The minimum atomic E-state index is -0.446. The number of aliphatic hydroxyl groups excluding tert-OH is 1. The van der Waals surface area contributed by atoms with Crippen LogP contribution in [0.25, 0.3) is 0 Å². The summed E-state index contributed by atoms with van der Waals surface area (Å²) in [6, 6.07) is 0. The third kappa shape index (κ3) is 7.84. The van der Waals surface area contributed by atoms with Crippen LogP contribution in [-0.2, 0) is 0 Å². The van der Waals surface area contributed by atoms with Gasteiger partial charge in [0, 0.05) is 0 Å². The highest BCUT2D eigenvalue weighted by molar-refractivity contribution is 9.10. The molecular formula is C11H20BrClO. The Morgan fingerprint density at radius 3 is 2.50 bits per heavy atom. The number of allylic oxidation sites excluding steroid dienone is 2. The average Bonchev–Trinajstić information content (AvgIpc) is 2.02. The lowest BCUT2D eigenvalue weighted by Crippen LogP contribution is -2.18. The van der Waals surface area contributed by atoms with Gasteiger partial charge in [-0.25, -0.2) is 0 Å². The molecule has 0 aliphatic heterocycles. The molecule has 0 aliphatic rings. The number of aliphatic hydroxyl groups is 1. The van der Waals surface area contributed by atoms with E-state index >= 15 is 0 Å². The monoisotopic (exact) mass is 282 g/mol. The fourth-order valence-electron chi connectivity index (χ4n) is 1.29. The van der Waals surface area contributed by atoms with Gasteiger partial charge < -0.3 is 5.11 Å². The van der Waals surface area contributed by atoms with E-state index in [1.54, 1.807) is 0 Å². The maximum atomic E-state index is 9.51. The normalized spacial score (nSPS) is 17.3. The third-order valence-corrected chi connectivity index (χ3v) is 3.05. The first-order valence-corrected chi connectivity index (χ1v) is 6.38. The van der Waals surface area contributed by atoms with Crippen LogP contribution in [0.2, 0.25) is 0 Å². The van der Waals surface area contributed by atoms with E-state index in [1.165, 1.54) is 5.57 Å². The summed E-state index contributed by atoms with van der Waals surface area (Å²) in [6.07, 6.45) is 4.74. The topological polar surface area (TPSA) is 20.2 Å². The van der Waals surface area contributed by atoms with Crippen molar-refractivity contribution in [2.45, 2.75) is 50.4 Å². The van der Waals surface area contributed by atoms with Crippen molar-refractivity contribution in [3.05, 3.63) is 11.6 Å². The summed E-state index contributed by atoms with van der Waals surface area (Å²) < 4.78 is -0.326. The molecule has 0 aromatic carbocycles. The molecule has 14 heavy (non-hydrogen) atoms. The highest BCUT2D eigenvalue weighted by Gasteiger charge is 2.15. The maximum Gasteiger partial charge on any atom is 0.114 e. The second kappa shape index (κ2) is 7.72. The van der Waals surface area contributed by atoms with Gasteiger partial charge in [0.25, 0.3) is 0 Å². The number of hydrogen-bond acceptors (Lipinski definition) is 1. The van der Waals surface area contributed by atoms with Gasteiger partial charge in [-0.2, -0.15) is 0 Å². The Bertz CT molecular complexity index is 176. The fourth-order valence-corrected chi connectivity index (χ4v) is 1.61. The first-order valence-electron chi connectivity index (χ1n) is 5.03. The number of alkyl halides is 2. The average molecular weight is 284 g/mol. The van der Waals surface area contributed by atoms with Crippen LogP contribution in [0.15, 0.2) is 11.6 Å². The van der Waals surface area contributed by atoms with Gasteiger partial charge in [-0.15, -0.1) is 11.6 Å². The van der Waals surface area contributed by atoms with Crippen molar-refractivity contribution in [2.75, 3.05) is 0 Å². The Labute approximate surface area is 101 Å². The second-order valence-corrected chi connectivity index (χ2v) is 6.09. The van der Waals surface area contributed by atoms with E-state index in [1.807, 2.05) is 0 Å². The zero-order valence-electron chi connectivity index (χ0n) is 9.13. The Morgan fingerprint density at radius 2 is 2.07 bits per heavy atom. The SMILES string of the molecule is CC(C)=CCCC(C)CC(O)C(Cl)Br. The summed E-state index contributed by atoms with van der Waals surface area (Å²) in [5.41, 5.74) is 1.36. The van der Waals surface area contributed by atoms with Crippen LogP contribution in [-0.4, -0.2) is 15.5 Å². The summed E-state index contributed by atoms with van der Waals surface area (Å²) >= 11 is 8.87. The van der Waals surface area contributed by atoms with Crippen LogP contribution in [0.3, 0.4) is 0 Å². The molecule has 0 fully saturated rings. The number of hydrogen-bond donors (Lipinski definition) is 1. The van der Waals surface area contributed by atoms with E-state index in [4.69, 9.17) is 11.6 Å². The van der Waals surface area contributed by atoms with Gasteiger partial charge in [-0.1, -0.05) is 34.5 Å². The van der Waals surface area contributed by atoms with Crippen LogP contribution in [0.5, 0.6) is 0 Å². The van der Waals surface area contributed by atoms with Crippen molar-refractivity contribution in [1.29, 1.82) is 0 Å². The first kappa shape index (κ1) is 14.5. The molecule has 3 heteroatoms. The van der Waals surface area contributed by atoms with Crippen LogP contribution >= 0.6 is 27.5 Å². The zero-order valence-corrected chi connectivity index (χ0v) is 11.5. The summed E-state index contributed by atoms with van der Waals surface area (Å²) in [4.78, 5) is 0. The molecule has 0 radical (unpaired) electrons. The highest BCUT2D eigenvalue weighted by atomic mass is 79.9. The van der Waals surface area contributed by atoms with Crippen molar-refractivity contribution >= 4 is 27.5 Å². The van der Waals surface area contributed by atoms with Gasteiger partial charge in [0.15, 0.2) is 0 Å². The Kier molecular flexibility index (Phi) is 7.98. The van der Waals surface area contributed by atoms with Crippen molar-refractivity contribution in [2.24, 2.45) is 5.92 Å². The van der Waals surface area contributed by atoms with Crippen molar-refractivity contribution in [1.82, 2.24) is 0 Å². The van der Waals surface area contributed by atoms with E-state index in [-0.39, 0.29) is 4.29 Å². The molecule has 0 saturated heterocycles. The summed E-state index contributed by atoms with van der Waals surface area (Å²) in [5.74, 6) is 0.513. The quantitative estimate of drug-likeness (QED) is 0.575. The Hall–Kier alpha value is 0.470. The summed E-state index contributed by atoms with van der Waals surface area (Å²) in [7, 11) is 0. The van der Waals surface area contributed by atoms with E-state index in [0.717, 1.165) is 19.3 Å². The minimum Gasteiger partial charge on any atom is -0.391 e. The highest BCUT2D eigenvalue weighted by Crippen LogP contribution is 2.20. The first-order chi connectivity index (χ1) is 6.43. The lowest BCUT2D eigenvalue weighted by Gasteiger charge is -2.16. The molecule has 0 bridgehead atoms. The molecule has 0 amide bonds. The van der Waals surface area contributed by atoms with Crippen molar-refractivity contribution in [3.8, 4) is 0 Å². The maximum absolute atomic E-state index is 9.51. The molecule has 0 rings (SSSR count). The van der Waals surface area contributed by atoms with E-state index in [2.05, 4.69) is 42.8 Å². The van der Waals surface area contributed by atoms with Crippen molar-refractivity contribution in [3.63, 3.8) is 0 Å². The molecule has 1 nitrogen and oxygen atoms in total. The van der Waals surface area contributed by atoms with E-state index in [9.17, 15) is 5.11 Å². The van der Waals surface area contributed by atoms with Gasteiger partial charge in [-0.05, 0) is 39.0 Å². The minimum absolute atomic E-state index is 0.326.